The zero-order chi connectivity index (χ0) is 12.9. The molecule has 0 saturated heterocycles. The third-order valence-corrected chi connectivity index (χ3v) is 1.73. The van der Waals surface area contributed by atoms with Gasteiger partial charge >= 0.3 is 19.5 Å². The molecule has 0 N–H and O–H groups in total. The summed E-state index contributed by atoms with van der Waals surface area (Å²) in [7, 11) is 0. The molecule has 3 heteroatoms. The molecule has 0 aliphatic carbocycles. The summed E-state index contributed by atoms with van der Waals surface area (Å²) < 4.78 is 7.94. The minimum atomic E-state index is 0.101. The van der Waals surface area contributed by atoms with Crippen LogP contribution < -0.4 is 0 Å². The summed E-state index contributed by atoms with van der Waals surface area (Å²) in [4.78, 5) is 10.6. The molecule has 2 aromatic carbocycles. The zero-order valence-electron chi connectivity index (χ0n) is 9.35. The SMILES string of the molecule is CC(=O)c1cc[c-]cc1.[O]=[Co].[c-]1ccccc1. The van der Waals surface area contributed by atoms with E-state index < -0.39 is 0 Å². The molecule has 2 rings (SSSR count). The van der Waals surface area contributed by atoms with Crippen LogP contribution in [-0.2, 0) is 19.5 Å². The topological polar surface area (TPSA) is 34.1 Å². The van der Waals surface area contributed by atoms with E-state index in [1.807, 2.05) is 30.3 Å². The number of hydrogen-bond donors (Lipinski definition) is 0. The van der Waals surface area contributed by atoms with Crippen molar-refractivity contribution in [1.29, 1.82) is 0 Å². The predicted molar refractivity (Wildman–Crippen MR) is 61.2 cm³/mol. The Bertz CT molecular complexity index is 374. The molecule has 0 radical (unpaired) electrons. The minimum Gasteiger partial charge on any atom is -0.184 e. The van der Waals surface area contributed by atoms with Crippen molar-refractivity contribution in [3.05, 3.63) is 72.3 Å². The van der Waals surface area contributed by atoms with Crippen LogP contribution in [0.15, 0.2) is 54.6 Å². The Morgan fingerprint density at radius 1 is 0.941 bits per heavy atom. The maximum atomic E-state index is 10.6. The van der Waals surface area contributed by atoms with Crippen molar-refractivity contribution in [3.63, 3.8) is 0 Å². The van der Waals surface area contributed by atoms with Crippen LogP contribution in [0.2, 0.25) is 0 Å². The van der Waals surface area contributed by atoms with Gasteiger partial charge in [0, 0.05) is 0 Å². The maximum Gasteiger partial charge on any atom is -0.171 e. The van der Waals surface area contributed by atoms with Gasteiger partial charge < -0.3 is 0 Å². The van der Waals surface area contributed by atoms with Gasteiger partial charge in [0.25, 0.3) is 0 Å². The molecule has 0 aliphatic heterocycles. The Morgan fingerprint density at radius 2 is 1.41 bits per heavy atom. The molecule has 0 aliphatic rings. The Labute approximate surface area is 109 Å². The maximum absolute atomic E-state index is 10.6. The van der Waals surface area contributed by atoms with E-state index >= 15 is 0 Å². The fourth-order valence-corrected chi connectivity index (χ4v) is 0.964. The van der Waals surface area contributed by atoms with Crippen molar-refractivity contribution in [2.24, 2.45) is 0 Å². The monoisotopic (exact) mass is 271 g/mol. The first-order valence-corrected chi connectivity index (χ1v) is 5.25. The van der Waals surface area contributed by atoms with E-state index in [0.717, 1.165) is 5.56 Å². The summed E-state index contributed by atoms with van der Waals surface area (Å²) in [6, 6.07) is 22.3. The van der Waals surface area contributed by atoms with E-state index in [2.05, 4.69) is 27.8 Å². The normalized spacial score (nSPS) is 7.88. The van der Waals surface area contributed by atoms with Crippen molar-refractivity contribution < 1.29 is 24.3 Å². The second-order valence-electron chi connectivity index (χ2n) is 2.92. The summed E-state index contributed by atoms with van der Waals surface area (Å²) in [6.07, 6.45) is 0. The standard InChI is InChI=1S/C8H7O.C6H5.Co.O/c1-7(9)8-5-3-2-4-6-8;1-2-4-6-5-3-1;;/h3-6H,1H3;1-5H;;/q2*-1;;. The van der Waals surface area contributed by atoms with Crippen molar-refractivity contribution in [1.82, 2.24) is 0 Å². The van der Waals surface area contributed by atoms with Gasteiger partial charge in [-0.15, -0.1) is 0 Å². The van der Waals surface area contributed by atoms with Crippen LogP contribution >= 0.6 is 0 Å². The first kappa shape index (κ1) is 15.4. The number of benzene rings is 2. The van der Waals surface area contributed by atoms with Gasteiger partial charge in [-0.25, -0.2) is 0 Å². The molecule has 17 heavy (non-hydrogen) atoms. The van der Waals surface area contributed by atoms with E-state index in [9.17, 15) is 4.79 Å². The minimum absolute atomic E-state index is 0.101. The van der Waals surface area contributed by atoms with Crippen molar-refractivity contribution in [3.8, 4) is 0 Å². The van der Waals surface area contributed by atoms with E-state index in [4.69, 9.17) is 3.87 Å². The summed E-state index contributed by atoms with van der Waals surface area (Å²) >= 11 is 2.31. The molecular weight excluding hydrogens is 259 g/mol. The van der Waals surface area contributed by atoms with Gasteiger partial charge in [0.15, 0.2) is 0 Å². The van der Waals surface area contributed by atoms with Crippen LogP contribution in [0.25, 0.3) is 0 Å². The van der Waals surface area contributed by atoms with Gasteiger partial charge in [-0.1, -0.05) is 5.56 Å². The van der Waals surface area contributed by atoms with Gasteiger partial charge in [0.1, 0.15) is 5.78 Å². The van der Waals surface area contributed by atoms with Crippen LogP contribution in [0.5, 0.6) is 0 Å². The predicted octanol–water partition coefficient (Wildman–Crippen LogP) is 3.05. The van der Waals surface area contributed by atoms with Gasteiger partial charge in [-0.2, -0.15) is 66.7 Å². The van der Waals surface area contributed by atoms with E-state index in [-0.39, 0.29) is 5.78 Å². The molecule has 2 nitrogen and oxygen atoms in total. The molecule has 2 aromatic rings. The van der Waals surface area contributed by atoms with Crippen LogP contribution in [-0.4, -0.2) is 5.78 Å². The summed E-state index contributed by atoms with van der Waals surface area (Å²) in [5, 5.41) is 0. The van der Waals surface area contributed by atoms with Gasteiger partial charge in [0.05, 0.1) is 0 Å². The third kappa shape index (κ3) is 8.25. The molecule has 0 fully saturated rings. The average molecular weight is 271 g/mol. The summed E-state index contributed by atoms with van der Waals surface area (Å²) in [6.45, 7) is 1.55. The molecule has 0 heterocycles. The fourth-order valence-electron chi connectivity index (χ4n) is 0.964. The smallest absolute Gasteiger partial charge is 0.171 e. The van der Waals surface area contributed by atoms with E-state index in [1.54, 1.807) is 31.2 Å². The van der Waals surface area contributed by atoms with Gasteiger partial charge in [-0.3, -0.25) is 4.79 Å². The van der Waals surface area contributed by atoms with Gasteiger partial charge in [-0.05, 0) is 6.92 Å². The van der Waals surface area contributed by atoms with Crippen LogP contribution in [0.1, 0.15) is 17.3 Å². The third-order valence-electron chi connectivity index (χ3n) is 1.73. The Balaban J connectivity index is 0.000000278. The first-order valence-electron chi connectivity index (χ1n) is 4.82. The van der Waals surface area contributed by atoms with Crippen LogP contribution in [0.3, 0.4) is 0 Å². The van der Waals surface area contributed by atoms with Crippen molar-refractivity contribution in [2.75, 3.05) is 0 Å². The zero-order valence-corrected chi connectivity index (χ0v) is 10.4. The summed E-state index contributed by atoms with van der Waals surface area (Å²) in [5.74, 6) is 0.101. The first-order chi connectivity index (χ1) is 8.30. The molecule has 0 unspecified atom stereocenters. The fraction of sp³-hybridized carbons (Fsp3) is 0.0714. The van der Waals surface area contributed by atoms with E-state index in [1.165, 1.54) is 0 Å². The largest absolute Gasteiger partial charge is 0.184 e. The Hall–Kier alpha value is -1.58. The number of carbonyl (C=O) groups is 1. The number of hydrogen-bond acceptors (Lipinski definition) is 2. The number of ketones is 1. The quantitative estimate of drug-likeness (QED) is 0.590. The van der Waals surface area contributed by atoms with Gasteiger partial charge in [0.2, 0.25) is 0 Å². The van der Waals surface area contributed by atoms with Crippen molar-refractivity contribution in [2.45, 2.75) is 6.92 Å². The molecular formula is C14H12CoO2-2. The molecule has 0 atom stereocenters. The second kappa shape index (κ2) is 10.9. The Kier molecular flexibility index (Phi) is 9.90. The number of carbonyl (C=O) groups excluding carboxylic acids is 1. The average Bonchev–Trinajstić information content (AvgIpc) is 2.44. The molecule has 0 bridgehead atoms. The van der Waals surface area contributed by atoms with E-state index in [0.29, 0.717) is 0 Å². The Morgan fingerprint density at radius 3 is 1.65 bits per heavy atom. The molecule has 0 saturated carbocycles. The molecule has 91 valence electrons. The molecule has 0 spiro atoms. The van der Waals surface area contributed by atoms with Crippen LogP contribution in [0.4, 0.5) is 0 Å². The molecule has 0 amide bonds. The number of rotatable bonds is 1. The second-order valence-corrected chi connectivity index (χ2v) is 2.92. The number of Topliss-reactive ketones (excluding diaryl/α,β-unsaturated/α-hetero) is 1. The molecule has 0 aromatic heterocycles. The summed E-state index contributed by atoms with van der Waals surface area (Å²) in [5.41, 5.74) is 0.744. The van der Waals surface area contributed by atoms with Crippen molar-refractivity contribution >= 4 is 5.78 Å². The van der Waals surface area contributed by atoms with Crippen LogP contribution in [0, 0.1) is 12.1 Å².